The van der Waals surface area contributed by atoms with Gasteiger partial charge in [-0.05, 0) is 68.1 Å². The van der Waals surface area contributed by atoms with Crippen LogP contribution in [0.2, 0.25) is 0 Å². The predicted octanol–water partition coefficient (Wildman–Crippen LogP) is 27.3. The van der Waals surface area contributed by atoms with E-state index in [-0.39, 0.29) is 18.8 Å². The van der Waals surface area contributed by atoms with Crippen molar-refractivity contribution in [2.24, 2.45) is 69.5 Å². The zero-order chi connectivity index (χ0) is 75.1. The van der Waals surface area contributed by atoms with E-state index in [9.17, 15) is 149 Å². The van der Waals surface area contributed by atoms with Crippen molar-refractivity contribution in [3.63, 3.8) is 0 Å². The normalized spacial score (nSPS) is 16.9. The second-order valence-corrected chi connectivity index (χ2v) is 25.5. The molecule has 0 aromatic heterocycles. The molecular weight excluding hydrogens is 1310 g/mol. The Morgan fingerprint density at radius 2 is 0.528 bits per heavy atom. The quantitative estimate of drug-likeness (QED) is 0.213. The third-order valence-corrected chi connectivity index (χ3v) is 12.6. The molecule has 2 saturated carbocycles. The Balaban J connectivity index is -0.000000138. The Morgan fingerprint density at radius 1 is 0.303 bits per heavy atom. The predicted molar refractivity (Wildman–Crippen MR) is 275 cm³/mol. The minimum absolute atomic E-state index is 0.0648. The van der Waals surface area contributed by atoms with Gasteiger partial charge in [0.05, 0.1) is 11.8 Å². The fourth-order valence-corrected chi connectivity index (χ4v) is 3.90. The molecule has 2 aliphatic carbocycles. The van der Waals surface area contributed by atoms with Gasteiger partial charge >= 0.3 is 73.1 Å². The molecule has 0 bridgehead atoms. The van der Waals surface area contributed by atoms with Gasteiger partial charge in [0.25, 0.3) is 0 Å². The molecule has 0 amide bonds. The molecule has 0 nitrogen and oxygen atoms in total. The van der Waals surface area contributed by atoms with Crippen LogP contribution in [0, 0.1) is 69.5 Å². The third kappa shape index (κ3) is 48.1. The Labute approximate surface area is 501 Å². The molecule has 0 aliphatic heterocycles. The minimum Gasteiger partial charge on any atom is -0.207 e. The number of rotatable bonds is 8. The van der Waals surface area contributed by atoms with E-state index in [0.29, 0.717) is 18.3 Å². The lowest BCUT2D eigenvalue weighted by Crippen LogP contribution is -2.47. The molecule has 34 heteroatoms. The molecule has 2 rings (SSSR count). The minimum atomic E-state index is -5.46. The van der Waals surface area contributed by atoms with Crippen LogP contribution in [0.15, 0.2) is 0 Å². The Morgan fingerprint density at radius 3 is 0.596 bits per heavy atom. The molecule has 0 aromatic rings. The summed E-state index contributed by atoms with van der Waals surface area (Å²) in [6.07, 6.45) is -35.8. The van der Waals surface area contributed by atoms with Gasteiger partial charge in [0, 0.05) is 41.4 Å². The molecule has 0 spiro atoms. The highest BCUT2D eigenvalue weighted by atomic mass is 19.5. The largest absolute Gasteiger partial charge is 0.453 e. The summed E-state index contributed by atoms with van der Waals surface area (Å²) in [5.74, 6) is -31.4. The van der Waals surface area contributed by atoms with Gasteiger partial charge in [0.1, 0.15) is 0 Å². The SMILES string of the molecule is CC(C(C)(C)C)C(F)(F)C(F)(F)F.CC(C)(C)C.CC(C)(C)C(C)(F)F.CC(C)C(F)(F)C(F)(F)F.CC(C)C(F)(F)F.CC(C1CC1)C(F)(F)C(F)(F)F.CC(C1CC1)C(F)(F)F.CCC(C)C(F)(F)C(F)(F)F.CCC(C)C(F)(F)F.CCC(F)(F)F. The molecule has 0 radical (unpaired) electrons. The third-order valence-electron chi connectivity index (χ3n) is 12.6. The van der Waals surface area contributed by atoms with Crippen LogP contribution in [0.5, 0.6) is 0 Å². The summed E-state index contributed by atoms with van der Waals surface area (Å²) in [4.78, 5) is 0. The second-order valence-electron chi connectivity index (χ2n) is 25.5. The average Bonchev–Trinajstić information content (AvgIpc) is 4.20. The summed E-state index contributed by atoms with van der Waals surface area (Å²) in [6, 6.07) is 0. The maximum atomic E-state index is 12.7. The Kier molecular flexibility index (Phi) is 43.5. The van der Waals surface area contributed by atoms with Gasteiger partial charge < -0.3 is 0 Å². The van der Waals surface area contributed by atoms with Gasteiger partial charge in [-0.1, -0.05) is 152 Å². The number of hydrogen-bond donors (Lipinski definition) is 0. The van der Waals surface area contributed by atoms with Gasteiger partial charge in [-0.15, -0.1) is 0 Å². The van der Waals surface area contributed by atoms with Gasteiger partial charge in [0.2, 0.25) is 5.92 Å². The monoisotopic (exact) mass is 1400 g/mol. The molecule has 0 heterocycles. The second kappa shape index (κ2) is 37.6. The van der Waals surface area contributed by atoms with Crippen molar-refractivity contribution in [2.75, 3.05) is 0 Å². The summed E-state index contributed by atoms with van der Waals surface area (Å²) in [7, 11) is 0. The first-order chi connectivity index (χ1) is 37.8. The van der Waals surface area contributed by atoms with E-state index >= 15 is 0 Å². The summed E-state index contributed by atoms with van der Waals surface area (Å²) in [5.41, 5.74) is -1.47. The van der Waals surface area contributed by atoms with Crippen molar-refractivity contribution >= 4 is 0 Å². The van der Waals surface area contributed by atoms with Crippen molar-refractivity contribution in [1.82, 2.24) is 0 Å². The van der Waals surface area contributed by atoms with Crippen molar-refractivity contribution in [3.05, 3.63) is 0 Å². The summed E-state index contributed by atoms with van der Waals surface area (Å²) >= 11 is 0. The van der Waals surface area contributed by atoms with Crippen LogP contribution in [-0.2, 0) is 0 Å². The van der Waals surface area contributed by atoms with Crippen LogP contribution in [-0.4, -0.2) is 79.0 Å². The van der Waals surface area contributed by atoms with Crippen LogP contribution >= 0.6 is 0 Å². The van der Waals surface area contributed by atoms with Crippen molar-refractivity contribution in [2.45, 2.75) is 283 Å². The molecule has 0 N–H and O–H groups in total. The molecule has 5 unspecified atom stereocenters. The number of alkyl halides is 34. The van der Waals surface area contributed by atoms with E-state index in [4.69, 9.17) is 0 Å². The molecule has 5 atom stereocenters. The van der Waals surface area contributed by atoms with Gasteiger partial charge in [-0.25, -0.2) is 8.78 Å². The summed E-state index contributed by atoms with van der Waals surface area (Å²) < 4.78 is 398. The van der Waals surface area contributed by atoms with E-state index < -0.39 is 144 Å². The van der Waals surface area contributed by atoms with E-state index in [0.717, 1.165) is 75.2 Å². The lowest BCUT2D eigenvalue weighted by atomic mass is 9.78. The van der Waals surface area contributed by atoms with Crippen LogP contribution in [0.25, 0.3) is 0 Å². The molecule has 89 heavy (non-hydrogen) atoms. The van der Waals surface area contributed by atoms with Gasteiger partial charge in [-0.3, -0.25) is 0 Å². The first-order valence-corrected chi connectivity index (χ1v) is 27.3. The lowest BCUT2D eigenvalue weighted by molar-refractivity contribution is -0.310. The van der Waals surface area contributed by atoms with Crippen molar-refractivity contribution < 1.29 is 149 Å². The highest BCUT2D eigenvalue weighted by Crippen LogP contribution is 2.51. The van der Waals surface area contributed by atoms with Crippen LogP contribution in [0.1, 0.15) is 204 Å². The average molecular weight is 1400 g/mol. The zero-order valence-corrected chi connectivity index (χ0v) is 54.0. The van der Waals surface area contributed by atoms with Gasteiger partial charge in [0.15, 0.2) is 0 Å². The number of halogens is 34. The molecule has 0 aromatic carbocycles. The fourth-order valence-electron chi connectivity index (χ4n) is 3.90. The Hall–Kier alpha value is -2.38. The molecule has 2 fully saturated rings. The van der Waals surface area contributed by atoms with E-state index in [1.54, 1.807) is 0 Å². The molecule has 0 saturated heterocycles. The van der Waals surface area contributed by atoms with Crippen LogP contribution in [0.3, 0.4) is 0 Å². The smallest absolute Gasteiger partial charge is 0.207 e. The number of hydrogen-bond acceptors (Lipinski definition) is 0. The van der Waals surface area contributed by atoms with Crippen molar-refractivity contribution in [3.8, 4) is 0 Å². The first kappa shape index (κ1) is 103. The topological polar surface area (TPSA) is 0 Å². The maximum absolute atomic E-state index is 12.7. The van der Waals surface area contributed by atoms with E-state index in [2.05, 4.69) is 27.7 Å². The molecule has 2 aliphatic rings. The molecule has 550 valence electrons. The first-order valence-electron chi connectivity index (χ1n) is 27.3. The fraction of sp³-hybridized carbons (Fsp3) is 1.00. The standard InChI is InChI=1S/C8H13F5.C7H9F5.C6H9F5.C6H9F3.C6H12F2.C5H7F5.C5H9F3.C5H12.C4H7F3.C3H5F3/c1-5(6(2,3)4)7(9,10)8(11,12)13;1-4(5-2-3-5)6(8,9)7(10,11)12;1-3-4(2)5(7,8)6(9,10)11;1-4(5-2-3-5)6(7,8)9;1-5(2,3)6(4,7)8;1-3(2)4(6,7)5(8,9)10;1-3-4(2)5(6,7)8;1-5(2,3)4;1-3(2)4(5,6)7;1-2-3(4,5)6/h5H,1-4H3;4-5H,2-3H2,1H3;4H,3H2,1-2H3;4-5H,2-3H2,1H3;1-4H3;3H,1-2H3;4H,3H2,1-2H3;1-4H3;3H,1-2H3;2H2,1H3. The Bertz CT molecular complexity index is 1750. The van der Waals surface area contributed by atoms with Crippen LogP contribution in [0.4, 0.5) is 149 Å². The summed E-state index contributed by atoms with van der Waals surface area (Å²) in [6.45, 7) is 31.3. The van der Waals surface area contributed by atoms with Gasteiger partial charge in [-0.2, -0.15) is 140 Å². The zero-order valence-electron chi connectivity index (χ0n) is 54.0. The van der Waals surface area contributed by atoms with Crippen molar-refractivity contribution in [1.29, 1.82) is 0 Å². The maximum Gasteiger partial charge on any atom is 0.453 e. The van der Waals surface area contributed by atoms with E-state index in [1.165, 1.54) is 69.2 Å². The lowest BCUT2D eigenvalue weighted by Gasteiger charge is -2.34. The highest BCUT2D eigenvalue weighted by molar-refractivity contribution is 4.92. The molecular formula is C55H92F34. The van der Waals surface area contributed by atoms with E-state index in [1.807, 2.05) is 0 Å². The highest BCUT2D eigenvalue weighted by Gasteiger charge is 2.65. The van der Waals surface area contributed by atoms with Crippen LogP contribution < -0.4 is 0 Å². The summed E-state index contributed by atoms with van der Waals surface area (Å²) in [5, 5.41) is 0.